The van der Waals surface area contributed by atoms with Crippen molar-refractivity contribution in [3.63, 3.8) is 0 Å². The van der Waals surface area contributed by atoms with Gasteiger partial charge in [0.05, 0.1) is 21.4 Å². The maximum Gasteiger partial charge on any atom is 0.343 e. The van der Waals surface area contributed by atoms with Gasteiger partial charge in [0.2, 0.25) is 0 Å². The fraction of sp³-hybridized carbons (Fsp3) is 0.327. The monoisotopic (exact) mass is 774 g/mol. The van der Waals surface area contributed by atoms with Crippen LogP contribution in [0.1, 0.15) is 94.5 Å². The van der Waals surface area contributed by atoms with E-state index in [1.165, 1.54) is 28.3 Å². The maximum atomic E-state index is 13.8. The summed E-state index contributed by atoms with van der Waals surface area (Å²) in [5.74, 6) is 1.05. The average molecular weight is 775 g/mol. The topological polar surface area (TPSA) is 82.6 Å². The quantitative estimate of drug-likeness (QED) is 0.103. The highest BCUT2D eigenvalue weighted by Gasteiger charge is 2.42. The van der Waals surface area contributed by atoms with Crippen molar-refractivity contribution < 1.29 is 9.15 Å². The normalized spacial score (nSPS) is 18.0. The predicted octanol–water partition coefficient (Wildman–Crippen LogP) is 11.7. The third-order valence-electron chi connectivity index (χ3n) is 11.6. The molecule has 0 radical (unpaired) electrons. The fourth-order valence-corrected chi connectivity index (χ4v) is 9.39. The Kier molecular flexibility index (Phi) is 10.3. The van der Waals surface area contributed by atoms with Crippen molar-refractivity contribution in [1.29, 1.82) is 5.26 Å². The molecule has 8 rings (SSSR count). The molecule has 0 N–H and O–H groups in total. The summed E-state index contributed by atoms with van der Waals surface area (Å²) in [6, 6.07) is 23.1. The van der Waals surface area contributed by atoms with Crippen LogP contribution in [0.5, 0.6) is 0 Å². The van der Waals surface area contributed by atoms with Crippen LogP contribution >= 0.6 is 11.3 Å². The number of fused-ring (bicyclic) bond motifs is 3. The van der Waals surface area contributed by atoms with Gasteiger partial charge >= 0.3 is 5.63 Å². The van der Waals surface area contributed by atoms with Crippen LogP contribution in [0.4, 0.5) is 11.4 Å². The molecule has 0 amide bonds. The first-order valence-corrected chi connectivity index (χ1v) is 21.0. The van der Waals surface area contributed by atoms with E-state index >= 15 is 0 Å². The molecule has 8 heteroatoms. The number of benzene rings is 3. The largest absolute Gasteiger partial charge is 0.457 e. The molecule has 3 aliphatic heterocycles. The van der Waals surface area contributed by atoms with E-state index < -0.39 is 5.63 Å². The number of hydrogen-bond donors (Lipinski definition) is 0. The Morgan fingerprint density at radius 3 is 2.28 bits per heavy atom. The van der Waals surface area contributed by atoms with Gasteiger partial charge in [-0.3, -0.25) is 0 Å². The fourth-order valence-electron chi connectivity index (χ4n) is 8.41. The van der Waals surface area contributed by atoms with E-state index in [1.807, 2.05) is 54.6 Å². The number of nitrogens with zero attached hydrogens (tertiary/aromatic N) is 4. The molecule has 0 atom stereocenters. The van der Waals surface area contributed by atoms with Crippen LogP contribution in [0.25, 0.3) is 38.9 Å². The van der Waals surface area contributed by atoms with E-state index in [4.69, 9.17) is 14.1 Å². The van der Waals surface area contributed by atoms with Crippen molar-refractivity contribution in [2.75, 3.05) is 36.0 Å². The molecule has 0 unspecified atom stereocenters. The number of nitriles is 1. The summed E-state index contributed by atoms with van der Waals surface area (Å²) in [7, 11) is 0. The predicted molar refractivity (Wildman–Crippen MR) is 237 cm³/mol. The molecule has 7 nitrogen and oxygen atoms in total. The van der Waals surface area contributed by atoms with Crippen molar-refractivity contribution in [3.8, 4) is 6.07 Å². The number of allylic oxidation sites excluding steroid dienone is 6. The van der Waals surface area contributed by atoms with Crippen LogP contribution in [0.2, 0.25) is 0 Å². The van der Waals surface area contributed by atoms with Gasteiger partial charge in [-0.2, -0.15) is 5.26 Å². The molecule has 3 aliphatic rings. The Balaban J connectivity index is 1.17. The molecule has 5 aromatic rings. The molecule has 0 bridgehead atoms. The summed E-state index contributed by atoms with van der Waals surface area (Å²) in [4.78, 5) is 23.5. The molecule has 0 aliphatic carbocycles. The number of thiazole rings is 1. The standard InChI is InChI=1S/C49H50N4O3S/c1-7-23-52(24-8-2)36-17-13-32(14-18-36)15-19-37-28-34(39(31-50)46-51-41-11-9-10-12-42(41)57-46)29-38(55-37)20-16-33-27-35-30-40-44-43(45(35)56-47(33)54)49(5,6)22-26-53(44)25-21-48(40,3)4/h9-20,27-30H,7-8,21-26H2,1-6H3/b19-15+,20-16+,39-34+. The molecule has 2 aromatic heterocycles. The molecule has 290 valence electrons. The number of anilines is 2. The first-order chi connectivity index (χ1) is 27.5. The lowest BCUT2D eigenvalue weighted by Gasteiger charge is -2.48. The summed E-state index contributed by atoms with van der Waals surface area (Å²) < 4.78 is 13.7. The third-order valence-corrected chi connectivity index (χ3v) is 12.7. The van der Waals surface area contributed by atoms with Crippen molar-refractivity contribution in [2.24, 2.45) is 0 Å². The lowest BCUT2D eigenvalue weighted by atomic mass is 9.69. The molecule has 3 aromatic carbocycles. The number of ether oxygens (including phenoxy) is 1. The van der Waals surface area contributed by atoms with Crippen molar-refractivity contribution in [3.05, 3.63) is 140 Å². The van der Waals surface area contributed by atoms with Crippen molar-refractivity contribution >= 4 is 61.6 Å². The smallest absolute Gasteiger partial charge is 0.343 e. The van der Waals surface area contributed by atoms with E-state index in [0.717, 1.165) is 78.6 Å². The van der Waals surface area contributed by atoms with E-state index in [9.17, 15) is 10.1 Å². The molecule has 0 saturated heterocycles. The second-order valence-electron chi connectivity index (χ2n) is 16.7. The zero-order valence-electron chi connectivity index (χ0n) is 33.8. The first kappa shape index (κ1) is 38.2. The molecule has 5 heterocycles. The minimum atomic E-state index is -0.396. The van der Waals surface area contributed by atoms with Gasteiger partial charge in [-0.1, -0.05) is 71.9 Å². The SMILES string of the molecule is CCCN(CCC)c1ccc(/C=C/C2=CC(=C(/C#N)c3nc4ccccc4s3)/C=C(/C=C/c3cc4cc5c6c(c4oc3=O)C(C)(C)CCN6CCC5(C)C)O2)cc1. The highest BCUT2D eigenvalue weighted by atomic mass is 32.1. The molecule has 0 saturated carbocycles. The van der Waals surface area contributed by atoms with E-state index in [0.29, 0.717) is 38.8 Å². The highest BCUT2D eigenvalue weighted by Crippen LogP contribution is 2.51. The van der Waals surface area contributed by atoms with Gasteiger partial charge in [-0.25, -0.2) is 9.78 Å². The number of rotatable bonds is 10. The van der Waals surface area contributed by atoms with Gasteiger partial charge in [0.25, 0.3) is 0 Å². The van der Waals surface area contributed by atoms with Gasteiger partial charge in [0.1, 0.15) is 28.2 Å². The molecule has 57 heavy (non-hydrogen) atoms. The summed E-state index contributed by atoms with van der Waals surface area (Å²) >= 11 is 1.49. The van der Waals surface area contributed by atoms with Gasteiger partial charge in [-0.05, 0) is 114 Å². The van der Waals surface area contributed by atoms with Crippen LogP contribution < -0.4 is 15.4 Å². The van der Waals surface area contributed by atoms with Crippen LogP contribution in [0, 0.1) is 11.3 Å². The van der Waals surface area contributed by atoms with E-state index in [-0.39, 0.29) is 10.8 Å². The van der Waals surface area contributed by atoms with Gasteiger partial charge in [-0.15, -0.1) is 11.3 Å². The Morgan fingerprint density at radius 2 is 1.60 bits per heavy atom. The Bertz CT molecular complexity index is 2590. The van der Waals surface area contributed by atoms with Crippen molar-refractivity contribution in [2.45, 2.75) is 78.1 Å². The second kappa shape index (κ2) is 15.4. The summed E-state index contributed by atoms with van der Waals surface area (Å²) in [5, 5.41) is 12.1. The maximum absolute atomic E-state index is 13.8. The molecule has 0 fully saturated rings. The number of aromatic nitrogens is 1. The van der Waals surface area contributed by atoms with Crippen LogP contribution in [0.3, 0.4) is 0 Å². The zero-order chi connectivity index (χ0) is 39.9. The second-order valence-corrected chi connectivity index (χ2v) is 17.7. The number of para-hydroxylation sites is 1. The molecular formula is C49H50N4O3S. The highest BCUT2D eigenvalue weighted by molar-refractivity contribution is 7.19. The van der Waals surface area contributed by atoms with Gasteiger partial charge in [0.15, 0.2) is 0 Å². The van der Waals surface area contributed by atoms with Crippen molar-refractivity contribution in [1.82, 2.24) is 4.98 Å². The van der Waals surface area contributed by atoms with Gasteiger partial charge in [0, 0.05) is 54.1 Å². The summed E-state index contributed by atoms with van der Waals surface area (Å²) in [5.41, 5.74) is 8.53. The number of hydrogen-bond acceptors (Lipinski definition) is 8. The minimum Gasteiger partial charge on any atom is -0.457 e. The lowest BCUT2D eigenvalue weighted by molar-refractivity contribution is 0.332. The van der Waals surface area contributed by atoms with Gasteiger partial charge < -0.3 is 19.0 Å². The summed E-state index contributed by atoms with van der Waals surface area (Å²) in [6.45, 7) is 17.6. The first-order valence-electron chi connectivity index (χ1n) is 20.2. The average Bonchev–Trinajstić information content (AvgIpc) is 3.62. The van der Waals surface area contributed by atoms with E-state index in [2.05, 4.69) is 87.7 Å². The Morgan fingerprint density at radius 1 is 0.912 bits per heavy atom. The zero-order valence-corrected chi connectivity index (χ0v) is 34.6. The third kappa shape index (κ3) is 7.49. The lowest BCUT2D eigenvalue weighted by Crippen LogP contribution is -2.44. The molecular weight excluding hydrogens is 725 g/mol. The minimum absolute atomic E-state index is 0.00226. The van der Waals surface area contributed by atoms with Crippen LogP contribution in [0.15, 0.2) is 111 Å². The Labute approximate surface area is 339 Å². The summed E-state index contributed by atoms with van der Waals surface area (Å²) in [6.07, 6.45) is 15.5. The van der Waals surface area contributed by atoms with E-state index in [1.54, 1.807) is 12.2 Å². The van der Waals surface area contributed by atoms with Crippen LogP contribution in [-0.4, -0.2) is 31.2 Å². The molecule has 0 spiro atoms. The Hall–Kier alpha value is -5.65. The van der Waals surface area contributed by atoms with Crippen LogP contribution in [-0.2, 0) is 15.6 Å².